The van der Waals surface area contributed by atoms with Crippen molar-refractivity contribution in [1.82, 2.24) is 0 Å². The SMILES string of the molecule is COc1cc(NCc2sccc2C)ccc1F. The van der Waals surface area contributed by atoms with Crippen molar-refractivity contribution in [2.75, 3.05) is 12.4 Å². The van der Waals surface area contributed by atoms with Gasteiger partial charge in [-0.3, -0.25) is 0 Å². The van der Waals surface area contributed by atoms with Crippen molar-refractivity contribution < 1.29 is 9.13 Å². The van der Waals surface area contributed by atoms with Crippen molar-refractivity contribution in [1.29, 1.82) is 0 Å². The molecule has 90 valence electrons. The highest BCUT2D eigenvalue weighted by Crippen LogP contribution is 2.23. The molecule has 0 saturated heterocycles. The summed E-state index contributed by atoms with van der Waals surface area (Å²) < 4.78 is 18.1. The number of methoxy groups -OCH3 is 1. The van der Waals surface area contributed by atoms with Crippen LogP contribution in [0, 0.1) is 12.7 Å². The average molecular weight is 251 g/mol. The van der Waals surface area contributed by atoms with Crippen LogP contribution in [0.1, 0.15) is 10.4 Å². The maximum atomic E-state index is 13.2. The number of anilines is 1. The van der Waals surface area contributed by atoms with Crippen LogP contribution >= 0.6 is 11.3 Å². The maximum absolute atomic E-state index is 13.2. The molecule has 2 rings (SSSR count). The Balaban J connectivity index is 2.07. The molecule has 17 heavy (non-hydrogen) atoms. The second-order valence-corrected chi connectivity index (χ2v) is 4.73. The van der Waals surface area contributed by atoms with Gasteiger partial charge in [-0.25, -0.2) is 4.39 Å². The fourth-order valence-electron chi connectivity index (χ4n) is 1.54. The molecule has 0 bridgehead atoms. The lowest BCUT2D eigenvalue weighted by Gasteiger charge is -2.08. The first-order valence-corrected chi connectivity index (χ1v) is 6.19. The number of benzene rings is 1. The van der Waals surface area contributed by atoms with Gasteiger partial charge in [0.15, 0.2) is 11.6 Å². The van der Waals surface area contributed by atoms with Gasteiger partial charge < -0.3 is 10.1 Å². The van der Waals surface area contributed by atoms with Gasteiger partial charge in [0.25, 0.3) is 0 Å². The molecule has 0 fully saturated rings. The summed E-state index contributed by atoms with van der Waals surface area (Å²) >= 11 is 1.71. The van der Waals surface area contributed by atoms with Crippen molar-refractivity contribution in [2.24, 2.45) is 0 Å². The lowest BCUT2D eigenvalue weighted by Crippen LogP contribution is -1.99. The molecule has 1 aromatic heterocycles. The zero-order valence-corrected chi connectivity index (χ0v) is 10.6. The maximum Gasteiger partial charge on any atom is 0.165 e. The third-order valence-electron chi connectivity index (χ3n) is 2.57. The second kappa shape index (κ2) is 5.19. The number of nitrogens with one attached hydrogen (secondary N) is 1. The Kier molecular flexibility index (Phi) is 3.64. The highest BCUT2D eigenvalue weighted by atomic mass is 32.1. The van der Waals surface area contributed by atoms with E-state index in [4.69, 9.17) is 4.74 Å². The molecule has 0 atom stereocenters. The topological polar surface area (TPSA) is 21.3 Å². The first-order valence-electron chi connectivity index (χ1n) is 5.31. The van der Waals surface area contributed by atoms with Gasteiger partial charge in [-0.05, 0) is 36.1 Å². The average Bonchev–Trinajstić information content (AvgIpc) is 2.74. The molecule has 0 aliphatic rings. The zero-order chi connectivity index (χ0) is 12.3. The molecule has 0 saturated carbocycles. The predicted molar refractivity (Wildman–Crippen MR) is 69.3 cm³/mol. The molecule has 0 amide bonds. The van der Waals surface area contributed by atoms with Crippen LogP contribution in [0.25, 0.3) is 0 Å². The number of aryl methyl sites for hydroxylation is 1. The van der Waals surface area contributed by atoms with Gasteiger partial charge in [-0.2, -0.15) is 0 Å². The molecule has 0 radical (unpaired) electrons. The van der Waals surface area contributed by atoms with Gasteiger partial charge >= 0.3 is 0 Å². The summed E-state index contributed by atoms with van der Waals surface area (Å²) in [7, 11) is 1.46. The van der Waals surface area contributed by atoms with Crippen LogP contribution in [-0.4, -0.2) is 7.11 Å². The van der Waals surface area contributed by atoms with Crippen LogP contribution in [0.3, 0.4) is 0 Å². The first kappa shape index (κ1) is 11.9. The molecular formula is C13H14FNOS. The van der Waals surface area contributed by atoms with Crippen LogP contribution in [-0.2, 0) is 6.54 Å². The quantitative estimate of drug-likeness (QED) is 0.892. The molecule has 0 unspecified atom stereocenters. The van der Waals surface area contributed by atoms with Crippen LogP contribution in [0.15, 0.2) is 29.6 Å². The lowest BCUT2D eigenvalue weighted by atomic mass is 10.2. The van der Waals surface area contributed by atoms with E-state index in [0.29, 0.717) is 0 Å². The largest absolute Gasteiger partial charge is 0.494 e. The Bertz CT molecular complexity index is 510. The first-order chi connectivity index (χ1) is 8.20. The molecule has 4 heteroatoms. The van der Waals surface area contributed by atoms with Crippen LogP contribution in [0.4, 0.5) is 10.1 Å². The van der Waals surface area contributed by atoms with E-state index in [1.807, 2.05) is 0 Å². The van der Waals surface area contributed by atoms with E-state index in [9.17, 15) is 4.39 Å². The minimum absolute atomic E-state index is 0.262. The number of halogens is 1. The Hall–Kier alpha value is -1.55. The zero-order valence-electron chi connectivity index (χ0n) is 9.79. The van der Waals surface area contributed by atoms with E-state index >= 15 is 0 Å². The van der Waals surface area contributed by atoms with Crippen molar-refractivity contribution in [3.05, 3.63) is 45.9 Å². The minimum atomic E-state index is -0.342. The van der Waals surface area contributed by atoms with Gasteiger partial charge in [0.2, 0.25) is 0 Å². The molecular weight excluding hydrogens is 237 g/mol. The number of ether oxygens (including phenoxy) is 1. The summed E-state index contributed by atoms with van der Waals surface area (Å²) in [6, 6.07) is 6.87. The normalized spacial score (nSPS) is 10.3. The summed E-state index contributed by atoms with van der Waals surface area (Å²) in [5, 5.41) is 5.32. The van der Waals surface area contributed by atoms with Gasteiger partial charge in [-0.15, -0.1) is 11.3 Å². The molecule has 2 nitrogen and oxygen atoms in total. The van der Waals surface area contributed by atoms with Crippen molar-refractivity contribution in [2.45, 2.75) is 13.5 Å². The summed E-state index contributed by atoms with van der Waals surface area (Å²) in [4.78, 5) is 1.29. The predicted octanol–water partition coefficient (Wildman–Crippen LogP) is 3.82. The van der Waals surface area contributed by atoms with Gasteiger partial charge in [0.1, 0.15) is 0 Å². The molecule has 1 N–H and O–H groups in total. The summed E-state index contributed by atoms with van der Waals surface area (Å²) in [5.74, 6) is -0.0803. The number of thiophene rings is 1. The van der Waals surface area contributed by atoms with E-state index in [2.05, 4.69) is 23.7 Å². The van der Waals surface area contributed by atoms with Crippen LogP contribution < -0.4 is 10.1 Å². The van der Waals surface area contributed by atoms with E-state index in [-0.39, 0.29) is 11.6 Å². The Morgan fingerprint density at radius 2 is 2.18 bits per heavy atom. The lowest BCUT2D eigenvalue weighted by molar-refractivity contribution is 0.387. The fourth-order valence-corrected chi connectivity index (χ4v) is 2.38. The second-order valence-electron chi connectivity index (χ2n) is 3.73. The van der Waals surface area contributed by atoms with Crippen LogP contribution in [0.5, 0.6) is 5.75 Å². The smallest absolute Gasteiger partial charge is 0.165 e. The Morgan fingerprint density at radius 3 is 2.82 bits per heavy atom. The highest BCUT2D eigenvalue weighted by molar-refractivity contribution is 7.10. The van der Waals surface area contributed by atoms with Gasteiger partial charge in [0, 0.05) is 23.2 Å². The monoisotopic (exact) mass is 251 g/mol. The van der Waals surface area contributed by atoms with E-state index in [1.54, 1.807) is 23.5 Å². The molecule has 1 heterocycles. The molecule has 0 spiro atoms. The van der Waals surface area contributed by atoms with Crippen molar-refractivity contribution in [3.8, 4) is 5.75 Å². The number of hydrogen-bond donors (Lipinski definition) is 1. The summed E-state index contributed by atoms with van der Waals surface area (Å²) in [5.41, 5.74) is 2.13. The number of hydrogen-bond acceptors (Lipinski definition) is 3. The van der Waals surface area contributed by atoms with E-state index < -0.39 is 0 Å². The Morgan fingerprint density at radius 1 is 1.35 bits per heavy atom. The fraction of sp³-hybridized carbons (Fsp3) is 0.231. The third kappa shape index (κ3) is 2.77. The minimum Gasteiger partial charge on any atom is -0.494 e. The molecule has 0 aliphatic carbocycles. The van der Waals surface area contributed by atoms with Crippen molar-refractivity contribution >= 4 is 17.0 Å². The van der Waals surface area contributed by atoms with E-state index in [0.717, 1.165) is 12.2 Å². The molecule has 1 aromatic carbocycles. The number of rotatable bonds is 4. The van der Waals surface area contributed by atoms with Gasteiger partial charge in [0.05, 0.1) is 7.11 Å². The molecule has 0 aliphatic heterocycles. The third-order valence-corrected chi connectivity index (χ3v) is 3.60. The van der Waals surface area contributed by atoms with Crippen LogP contribution in [0.2, 0.25) is 0 Å². The Labute approximate surface area is 104 Å². The summed E-state index contributed by atoms with van der Waals surface area (Å²) in [6.07, 6.45) is 0. The van der Waals surface area contributed by atoms with Gasteiger partial charge in [-0.1, -0.05) is 0 Å². The van der Waals surface area contributed by atoms with E-state index in [1.165, 1.54) is 23.6 Å². The van der Waals surface area contributed by atoms with Crippen molar-refractivity contribution in [3.63, 3.8) is 0 Å². The molecule has 2 aromatic rings. The summed E-state index contributed by atoms with van der Waals surface area (Å²) in [6.45, 7) is 2.83. The standard InChI is InChI=1S/C13H14FNOS/c1-9-5-6-17-13(9)8-15-10-3-4-11(14)12(7-10)16-2/h3-7,15H,8H2,1-2H3. The highest BCUT2D eigenvalue weighted by Gasteiger charge is 2.04.